The van der Waals surface area contributed by atoms with Crippen LogP contribution in [-0.2, 0) is 60.7 Å². The van der Waals surface area contributed by atoms with Crippen LogP contribution in [0.25, 0.3) is 10.9 Å². The Morgan fingerprint density at radius 2 is 1.41 bits per heavy atom. The van der Waals surface area contributed by atoms with Crippen LogP contribution in [0.2, 0.25) is 0 Å². The van der Waals surface area contributed by atoms with Gasteiger partial charge in [0, 0.05) is 50.0 Å². The number of hydrogen-bond donors (Lipinski definition) is 9. The second-order valence-electron chi connectivity index (χ2n) is 19.4. The zero-order chi connectivity index (χ0) is 55.0. The van der Waals surface area contributed by atoms with Gasteiger partial charge in [-0.05, 0) is 56.2 Å². The lowest BCUT2D eigenvalue weighted by Gasteiger charge is -2.28. The van der Waals surface area contributed by atoms with E-state index in [4.69, 9.17) is 4.74 Å². The summed E-state index contributed by atoms with van der Waals surface area (Å²) in [7, 11) is 2.85. The molecule has 0 saturated carbocycles. The third-order valence-corrected chi connectivity index (χ3v) is 13.1. The Morgan fingerprint density at radius 1 is 0.784 bits per heavy atom. The first kappa shape index (κ1) is 59.0. The number of nitrogens with zero attached hydrogens (tertiary/aromatic N) is 1. The van der Waals surface area contributed by atoms with Gasteiger partial charge in [0.1, 0.15) is 35.9 Å². The summed E-state index contributed by atoms with van der Waals surface area (Å²) in [6.07, 6.45) is 6.26. The molecular formula is C54H72N8O12. The van der Waals surface area contributed by atoms with Crippen molar-refractivity contribution in [2.24, 2.45) is 23.7 Å². The van der Waals surface area contributed by atoms with Gasteiger partial charge in [0.25, 0.3) is 5.91 Å². The molecule has 1 aromatic heterocycles. The zero-order valence-electron chi connectivity index (χ0n) is 43.5. The van der Waals surface area contributed by atoms with E-state index in [9.17, 15) is 53.4 Å². The topological polar surface area (TPSA) is 295 Å². The fourth-order valence-electron chi connectivity index (χ4n) is 8.41. The monoisotopic (exact) mass is 1020 g/mol. The minimum absolute atomic E-state index is 0.0149. The van der Waals surface area contributed by atoms with Crippen LogP contribution < -0.4 is 31.9 Å². The number of allylic oxidation sites excluding steroid dienone is 2. The lowest BCUT2D eigenvalue weighted by atomic mass is 9.94. The molecule has 20 heteroatoms. The summed E-state index contributed by atoms with van der Waals surface area (Å²) < 4.78 is 5.85. The highest BCUT2D eigenvalue weighted by Crippen LogP contribution is 2.22. The highest BCUT2D eigenvalue weighted by Gasteiger charge is 2.38. The maximum atomic E-state index is 14.8. The molecule has 1 aliphatic heterocycles. The highest BCUT2D eigenvalue weighted by molar-refractivity contribution is 6.00. The number of hydrogen-bond acceptors (Lipinski definition) is 10. The normalized spacial score (nSPS) is 24.9. The van der Waals surface area contributed by atoms with E-state index in [1.165, 1.54) is 27.8 Å². The summed E-state index contributed by atoms with van der Waals surface area (Å²) in [5.41, 5.74) is 2.72. The SMILES string of the molecule is C=C1C(=O)N[C@H](C)C(=O)N[C@H](CC(C)C)C(=O)N[C@@H](C(=O)O)[C@H](C)C(=O)N[C@H](Cc2c[nH]c3ccccc23)C(=O)N[C@@H](/C=C/C(C)=C/[C@H](C)[C@H](Cc2ccccc2)OC)[C@H](C)C(=O)N[C@@H](C(=O)O)CCC(=O)N1C. The zero-order valence-corrected chi connectivity index (χ0v) is 43.5. The van der Waals surface area contributed by atoms with Gasteiger partial charge in [-0.25, -0.2) is 9.59 Å². The van der Waals surface area contributed by atoms with Gasteiger partial charge in [-0.2, -0.15) is 0 Å². The highest BCUT2D eigenvalue weighted by atomic mass is 16.5. The van der Waals surface area contributed by atoms with E-state index in [1.54, 1.807) is 45.4 Å². The van der Waals surface area contributed by atoms with E-state index >= 15 is 0 Å². The van der Waals surface area contributed by atoms with Gasteiger partial charge in [0.2, 0.25) is 35.4 Å². The molecule has 74 heavy (non-hydrogen) atoms. The summed E-state index contributed by atoms with van der Waals surface area (Å²) in [4.78, 5) is 127. The van der Waals surface area contributed by atoms with Crippen molar-refractivity contribution in [1.29, 1.82) is 0 Å². The largest absolute Gasteiger partial charge is 0.480 e. The molecule has 20 nitrogen and oxygen atoms in total. The Hall–Kier alpha value is -7.61. The molecule has 1 saturated heterocycles. The summed E-state index contributed by atoms with van der Waals surface area (Å²) in [6.45, 7) is 15.0. The number of benzene rings is 2. The molecule has 0 aliphatic carbocycles. The fraction of sp³-hybridized carbons (Fsp3) is 0.463. The van der Waals surface area contributed by atoms with Gasteiger partial charge >= 0.3 is 11.9 Å². The number of methoxy groups -OCH3 is 1. The van der Waals surface area contributed by atoms with Crippen LogP contribution >= 0.6 is 0 Å². The van der Waals surface area contributed by atoms with Crippen LogP contribution in [0.3, 0.4) is 0 Å². The number of carboxylic acids is 2. The van der Waals surface area contributed by atoms with Crippen molar-refractivity contribution >= 4 is 64.2 Å². The van der Waals surface area contributed by atoms with Gasteiger partial charge in [-0.15, -0.1) is 0 Å². The van der Waals surface area contributed by atoms with E-state index < -0.39 is 120 Å². The molecule has 0 bridgehead atoms. The Labute approximate surface area is 431 Å². The van der Waals surface area contributed by atoms with Gasteiger partial charge in [-0.1, -0.05) is 114 Å². The standard InChI is InChI=1S/C54H72N8O12/c1-29(2)24-42-52(69)61-46(54(72)73)33(6)48(65)59-43(27-37-28-55-40-19-15-14-18-38(37)40)51(68)57-39(21-20-30(3)25-31(4)44(74-10)26-36-16-12-11-13-17-36)32(5)47(64)58-41(53(70)71)22-23-45(63)62(9)35(8)50(67)56-34(7)49(66)60-42/h11-21,25,28-29,31-34,39,41-44,46,55H,8,22-24,26-27H2,1-7,9-10H3,(H,56,67)(H,57,68)(H,58,64)(H,59,65)(H,60,66)(H,61,69)(H,70,71)(H,72,73)/b21-20+,30-25+/t31-,32-,33-,34+,39-,41+,42+,43+,44-,46+/m0/s1. The number of aromatic nitrogens is 1. The molecule has 3 aromatic rings. The van der Waals surface area contributed by atoms with Crippen LogP contribution in [0.4, 0.5) is 0 Å². The summed E-state index contributed by atoms with van der Waals surface area (Å²) >= 11 is 0. The van der Waals surface area contributed by atoms with Crippen LogP contribution in [0.1, 0.15) is 78.9 Å². The maximum absolute atomic E-state index is 14.8. The number of rotatable bonds is 13. The summed E-state index contributed by atoms with van der Waals surface area (Å²) in [6, 6.07) is 8.28. The van der Waals surface area contributed by atoms with E-state index in [0.29, 0.717) is 12.0 Å². The van der Waals surface area contributed by atoms with Crippen LogP contribution in [0.15, 0.2) is 96.9 Å². The van der Waals surface area contributed by atoms with Crippen molar-refractivity contribution in [1.82, 2.24) is 41.8 Å². The molecular weight excluding hydrogens is 953 g/mol. The predicted molar refractivity (Wildman–Crippen MR) is 276 cm³/mol. The molecule has 0 radical (unpaired) electrons. The molecule has 400 valence electrons. The Morgan fingerprint density at radius 3 is 2.04 bits per heavy atom. The lowest BCUT2D eigenvalue weighted by molar-refractivity contribution is -0.146. The number of H-pyrrole nitrogens is 1. The number of nitrogens with one attached hydrogen (secondary N) is 7. The number of likely N-dealkylation sites (N-methyl/N-ethyl adjacent to an activating group) is 1. The van der Waals surface area contributed by atoms with Gasteiger partial charge in [0.15, 0.2) is 0 Å². The Bertz CT molecular complexity index is 2590. The van der Waals surface area contributed by atoms with Crippen molar-refractivity contribution in [3.05, 3.63) is 108 Å². The fourth-order valence-corrected chi connectivity index (χ4v) is 8.41. The molecule has 0 spiro atoms. The first-order valence-corrected chi connectivity index (χ1v) is 24.6. The Kier molecular flexibility index (Phi) is 21.9. The van der Waals surface area contributed by atoms with Crippen LogP contribution in [0.5, 0.6) is 0 Å². The molecule has 10 atom stereocenters. The molecule has 2 heterocycles. The van der Waals surface area contributed by atoms with Crippen molar-refractivity contribution in [3.63, 3.8) is 0 Å². The number of fused-ring (bicyclic) bond motifs is 1. The predicted octanol–water partition coefficient (Wildman–Crippen LogP) is 3.29. The molecule has 9 N–H and O–H groups in total. The minimum atomic E-state index is -1.88. The number of para-hydroxylation sites is 1. The molecule has 4 rings (SSSR count). The van der Waals surface area contributed by atoms with E-state index in [-0.39, 0.29) is 30.8 Å². The number of aromatic amines is 1. The minimum Gasteiger partial charge on any atom is -0.480 e. The van der Waals surface area contributed by atoms with Crippen LogP contribution in [0, 0.1) is 23.7 Å². The quantitative estimate of drug-likeness (QED) is 0.0881. The van der Waals surface area contributed by atoms with Crippen molar-refractivity contribution in [2.75, 3.05) is 14.2 Å². The average molecular weight is 1030 g/mol. The smallest absolute Gasteiger partial charge is 0.327 e. The van der Waals surface area contributed by atoms with Gasteiger partial charge in [0.05, 0.1) is 24.0 Å². The van der Waals surface area contributed by atoms with Crippen molar-refractivity contribution < 1.29 is 58.1 Å². The Balaban J connectivity index is 1.81. The van der Waals surface area contributed by atoms with E-state index in [1.807, 2.05) is 68.5 Å². The van der Waals surface area contributed by atoms with Crippen molar-refractivity contribution in [3.8, 4) is 0 Å². The number of carboxylic acid groups (broad SMARTS) is 2. The second-order valence-corrected chi connectivity index (χ2v) is 19.4. The van der Waals surface area contributed by atoms with Gasteiger partial charge < -0.3 is 56.7 Å². The lowest BCUT2D eigenvalue weighted by Crippen LogP contribution is -2.59. The average Bonchev–Trinajstić information content (AvgIpc) is 3.77. The van der Waals surface area contributed by atoms with E-state index in [2.05, 4.69) is 43.5 Å². The van der Waals surface area contributed by atoms with Gasteiger partial charge in [-0.3, -0.25) is 33.6 Å². The first-order valence-electron chi connectivity index (χ1n) is 24.6. The molecule has 7 amide bonds. The second kappa shape index (κ2) is 27.4. The van der Waals surface area contributed by atoms with Crippen molar-refractivity contribution in [2.45, 2.75) is 123 Å². The molecule has 1 aliphatic rings. The number of amides is 7. The number of ether oxygens (including phenoxy) is 1. The molecule has 1 fully saturated rings. The number of carbonyl (C=O) groups is 9. The summed E-state index contributed by atoms with van der Waals surface area (Å²) in [5, 5.41) is 36.8. The van der Waals surface area contributed by atoms with Crippen LogP contribution in [-0.4, -0.2) is 130 Å². The number of carbonyl (C=O) groups excluding carboxylic acids is 7. The molecule has 0 unspecified atom stereocenters. The first-order chi connectivity index (χ1) is 34.9. The van der Waals surface area contributed by atoms with E-state index in [0.717, 1.165) is 26.9 Å². The molecule has 2 aromatic carbocycles. The number of aliphatic carboxylic acids is 2. The maximum Gasteiger partial charge on any atom is 0.327 e. The third kappa shape index (κ3) is 16.7. The third-order valence-electron chi connectivity index (χ3n) is 13.1. The summed E-state index contributed by atoms with van der Waals surface area (Å²) in [5.74, 6) is -12.2.